The molecule has 1 aromatic rings. The highest BCUT2D eigenvalue weighted by molar-refractivity contribution is 7.10. The lowest BCUT2D eigenvalue weighted by molar-refractivity contribution is -0.518. The van der Waals surface area contributed by atoms with Crippen LogP contribution in [0.1, 0.15) is 4.88 Å². The fourth-order valence-electron chi connectivity index (χ4n) is 1.01. The quantitative estimate of drug-likeness (QED) is 0.648. The van der Waals surface area contributed by atoms with Crippen LogP contribution >= 0.6 is 11.3 Å². The SMILES string of the molecule is O=[N+]([O-])CC(O)(c1cccs1)C(F)(F)F. The number of hydrogen-bond donors (Lipinski definition) is 1. The molecule has 0 aliphatic carbocycles. The molecule has 1 N–H and O–H groups in total. The standard InChI is InChI=1S/C7H6F3NO3S/c8-7(9,10)6(12,4-11(13)14)5-2-1-3-15-5/h1-3,12H,4H2. The number of alkyl halides is 3. The zero-order valence-electron chi connectivity index (χ0n) is 7.19. The van der Waals surface area contributed by atoms with Gasteiger partial charge < -0.3 is 5.11 Å². The van der Waals surface area contributed by atoms with E-state index in [4.69, 9.17) is 0 Å². The normalized spacial score (nSPS) is 16.0. The predicted octanol–water partition coefficient (Wildman–Crippen LogP) is 1.77. The maximum absolute atomic E-state index is 12.5. The van der Waals surface area contributed by atoms with Crippen molar-refractivity contribution in [2.24, 2.45) is 0 Å². The van der Waals surface area contributed by atoms with Gasteiger partial charge in [0.2, 0.25) is 6.54 Å². The van der Waals surface area contributed by atoms with Crippen LogP contribution in [-0.4, -0.2) is 22.8 Å². The molecule has 0 radical (unpaired) electrons. The second kappa shape index (κ2) is 3.78. The third kappa shape index (κ3) is 2.26. The largest absolute Gasteiger partial charge is 0.428 e. The summed E-state index contributed by atoms with van der Waals surface area (Å²) < 4.78 is 37.4. The van der Waals surface area contributed by atoms with Crippen LogP contribution in [0.5, 0.6) is 0 Å². The second-order valence-electron chi connectivity index (χ2n) is 2.83. The van der Waals surface area contributed by atoms with Gasteiger partial charge in [0.15, 0.2) is 0 Å². The molecule has 1 aromatic heterocycles. The first-order chi connectivity index (χ1) is 6.77. The monoisotopic (exact) mass is 241 g/mol. The molecule has 15 heavy (non-hydrogen) atoms. The van der Waals surface area contributed by atoms with Gasteiger partial charge in [-0.3, -0.25) is 10.1 Å². The Kier molecular flexibility index (Phi) is 3.00. The molecule has 0 aromatic carbocycles. The third-order valence-electron chi connectivity index (χ3n) is 1.76. The van der Waals surface area contributed by atoms with E-state index >= 15 is 0 Å². The van der Waals surface area contributed by atoms with Crippen molar-refractivity contribution in [2.45, 2.75) is 11.8 Å². The number of nitro groups is 1. The summed E-state index contributed by atoms with van der Waals surface area (Å²) in [6.07, 6.45) is -5.06. The van der Waals surface area contributed by atoms with E-state index in [0.717, 1.165) is 6.07 Å². The molecule has 1 atom stereocenters. The van der Waals surface area contributed by atoms with E-state index in [1.807, 2.05) is 0 Å². The summed E-state index contributed by atoms with van der Waals surface area (Å²) in [6.45, 7) is -1.59. The number of aliphatic hydroxyl groups is 1. The van der Waals surface area contributed by atoms with Crippen LogP contribution in [0, 0.1) is 10.1 Å². The van der Waals surface area contributed by atoms with Gasteiger partial charge in [0, 0.05) is 4.92 Å². The van der Waals surface area contributed by atoms with Gasteiger partial charge in [-0.05, 0) is 11.4 Å². The van der Waals surface area contributed by atoms with Crippen molar-refractivity contribution in [3.05, 3.63) is 32.5 Å². The van der Waals surface area contributed by atoms with Crippen LogP contribution in [0.4, 0.5) is 13.2 Å². The average Bonchev–Trinajstić information content (AvgIpc) is 2.51. The molecule has 1 rings (SSSR count). The van der Waals surface area contributed by atoms with Crippen molar-refractivity contribution < 1.29 is 23.2 Å². The molecule has 0 aliphatic rings. The number of halogens is 3. The Bertz CT molecular complexity index is 351. The first-order valence-corrected chi connectivity index (χ1v) is 4.60. The van der Waals surface area contributed by atoms with Crippen molar-refractivity contribution in [1.29, 1.82) is 0 Å². The summed E-state index contributed by atoms with van der Waals surface area (Å²) in [5.41, 5.74) is -3.40. The Balaban J connectivity index is 3.13. The van der Waals surface area contributed by atoms with Crippen LogP contribution in [0.3, 0.4) is 0 Å². The molecule has 0 aliphatic heterocycles. The van der Waals surface area contributed by atoms with Gasteiger partial charge in [0.25, 0.3) is 5.60 Å². The van der Waals surface area contributed by atoms with E-state index in [0.29, 0.717) is 11.3 Å². The summed E-state index contributed by atoms with van der Waals surface area (Å²) in [4.78, 5) is 8.44. The highest BCUT2D eigenvalue weighted by Crippen LogP contribution is 2.40. The molecule has 1 heterocycles. The van der Waals surface area contributed by atoms with E-state index in [-0.39, 0.29) is 0 Å². The first-order valence-electron chi connectivity index (χ1n) is 3.72. The minimum atomic E-state index is -5.06. The second-order valence-corrected chi connectivity index (χ2v) is 3.77. The lowest BCUT2D eigenvalue weighted by atomic mass is 10.0. The van der Waals surface area contributed by atoms with Crippen molar-refractivity contribution in [3.8, 4) is 0 Å². The molecule has 0 bridgehead atoms. The van der Waals surface area contributed by atoms with Crippen molar-refractivity contribution in [3.63, 3.8) is 0 Å². The van der Waals surface area contributed by atoms with Crippen LogP contribution in [0.15, 0.2) is 17.5 Å². The molecular weight excluding hydrogens is 235 g/mol. The Morgan fingerprint density at radius 2 is 2.13 bits per heavy atom. The van der Waals surface area contributed by atoms with Crippen molar-refractivity contribution in [2.75, 3.05) is 6.54 Å². The van der Waals surface area contributed by atoms with Crippen molar-refractivity contribution in [1.82, 2.24) is 0 Å². The highest BCUT2D eigenvalue weighted by atomic mass is 32.1. The Hall–Kier alpha value is -1.15. The van der Waals surface area contributed by atoms with E-state index in [9.17, 15) is 28.4 Å². The molecule has 0 spiro atoms. The number of nitrogens with zero attached hydrogens (tertiary/aromatic N) is 1. The minimum absolute atomic E-state index is 0.480. The summed E-state index contributed by atoms with van der Waals surface area (Å²) in [5.74, 6) is 0. The number of rotatable bonds is 3. The van der Waals surface area contributed by atoms with Gasteiger partial charge in [0.05, 0.1) is 4.88 Å². The first kappa shape index (κ1) is 11.9. The molecule has 84 valence electrons. The Labute approximate surface area is 86.1 Å². The summed E-state index contributed by atoms with van der Waals surface area (Å²) in [6, 6.07) is 2.30. The average molecular weight is 241 g/mol. The zero-order valence-corrected chi connectivity index (χ0v) is 8.01. The molecule has 0 amide bonds. The van der Waals surface area contributed by atoms with Crippen LogP contribution in [-0.2, 0) is 5.60 Å². The van der Waals surface area contributed by atoms with E-state index in [1.165, 1.54) is 11.4 Å². The maximum Gasteiger partial charge on any atom is 0.428 e. The topological polar surface area (TPSA) is 63.4 Å². The minimum Gasteiger partial charge on any atom is -0.371 e. The highest BCUT2D eigenvalue weighted by Gasteiger charge is 2.59. The Morgan fingerprint density at radius 3 is 2.47 bits per heavy atom. The third-order valence-corrected chi connectivity index (χ3v) is 2.78. The number of thiophene rings is 1. The van der Waals surface area contributed by atoms with Gasteiger partial charge in [0.1, 0.15) is 0 Å². The number of hydrogen-bond acceptors (Lipinski definition) is 4. The van der Waals surface area contributed by atoms with Gasteiger partial charge >= 0.3 is 6.18 Å². The molecule has 0 fully saturated rings. The molecule has 1 unspecified atom stereocenters. The molecule has 0 saturated carbocycles. The fourth-order valence-corrected chi connectivity index (χ4v) is 1.84. The lowest BCUT2D eigenvalue weighted by Gasteiger charge is -2.25. The van der Waals surface area contributed by atoms with Gasteiger partial charge in [-0.15, -0.1) is 11.3 Å². The lowest BCUT2D eigenvalue weighted by Crippen LogP contribution is -2.47. The summed E-state index contributed by atoms with van der Waals surface area (Å²) in [7, 11) is 0. The van der Waals surface area contributed by atoms with E-state index < -0.39 is 28.1 Å². The van der Waals surface area contributed by atoms with Gasteiger partial charge in [-0.2, -0.15) is 13.2 Å². The molecule has 8 heteroatoms. The Morgan fingerprint density at radius 1 is 1.53 bits per heavy atom. The van der Waals surface area contributed by atoms with Gasteiger partial charge in [-0.25, -0.2) is 0 Å². The predicted molar refractivity (Wildman–Crippen MR) is 46.1 cm³/mol. The molecule has 0 saturated heterocycles. The van der Waals surface area contributed by atoms with E-state index in [1.54, 1.807) is 0 Å². The van der Waals surface area contributed by atoms with Crippen LogP contribution in [0.2, 0.25) is 0 Å². The summed E-state index contributed by atoms with van der Waals surface area (Å²) >= 11 is 0.624. The van der Waals surface area contributed by atoms with Crippen molar-refractivity contribution >= 4 is 11.3 Å². The van der Waals surface area contributed by atoms with Crippen LogP contribution < -0.4 is 0 Å². The maximum atomic E-state index is 12.5. The summed E-state index contributed by atoms with van der Waals surface area (Å²) in [5, 5.41) is 20.7. The molecular formula is C7H6F3NO3S. The van der Waals surface area contributed by atoms with Gasteiger partial charge in [-0.1, -0.05) is 6.07 Å². The smallest absolute Gasteiger partial charge is 0.371 e. The van der Waals surface area contributed by atoms with E-state index in [2.05, 4.69) is 0 Å². The fraction of sp³-hybridized carbons (Fsp3) is 0.429. The van der Waals surface area contributed by atoms with Crippen LogP contribution in [0.25, 0.3) is 0 Å². The zero-order chi connectivity index (χ0) is 11.7. The molecule has 4 nitrogen and oxygen atoms in total.